The van der Waals surface area contributed by atoms with E-state index >= 15 is 0 Å². The summed E-state index contributed by atoms with van der Waals surface area (Å²) in [6.07, 6.45) is 7.80. The van der Waals surface area contributed by atoms with Gasteiger partial charge >= 0.3 is 5.97 Å². The van der Waals surface area contributed by atoms with Crippen LogP contribution in [0.1, 0.15) is 52.0 Å². The van der Waals surface area contributed by atoms with Crippen LogP contribution in [0.15, 0.2) is 24.4 Å². The number of aromatic nitrogens is 2. The van der Waals surface area contributed by atoms with Gasteiger partial charge in [-0.3, -0.25) is 4.68 Å². The Hall–Kier alpha value is -2.20. The average molecular weight is 542 g/mol. The first-order valence-corrected chi connectivity index (χ1v) is 12.8. The van der Waals surface area contributed by atoms with Crippen molar-refractivity contribution >= 4 is 68.7 Å². The monoisotopic (exact) mass is 540 g/mol. The number of aryl methyl sites for hydroxylation is 1. The smallest absolute Gasteiger partial charge is 0.341 e. The van der Waals surface area contributed by atoms with Gasteiger partial charge < -0.3 is 15.4 Å². The average Bonchev–Trinajstić information content (AvgIpc) is 3.29. The highest BCUT2D eigenvalue weighted by atomic mass is 35.5. The molecule has 0 atom stereocenters. The fourth-order valence-electron chi connectivity index (χ4n) is 3.98. The number of hydrogen-bond acceptors (Lipinski definition) is 5. The normalized spacial score (nSPS) is 13.5. The Bertz CT molecular complexity index is 1210. The van der Waals surface area contributed by atoms with Crippen LogP contribution < -0.4 is 10.6 Å². The van der Waals surface area contributed by atoms with Gasteiger partial charge in [-0.25, -0.2) is 9.18 Å². The first-order valence-electron chi connectivity index (χ1n) is 10.8. The Labute approximate surface area is 216 Å². The van der Waals surface area contributed by atoms with Crippen molar-refractivity contribution in [1.29, 1.82) is 0 Å². The van der Waals surface area contributed by atoms with Gasteiger partial charge in [-0.1, -0.05) is 42.1 Å². The number of nitrogens with one attached hydrogen (secondary N) is 2. The molecule has 4 rings (SSSR count). The molecule has 0 fully saturated rings. The Kier molecular flexibility index (Phi) is 8.08. The van der Waals surface area contributed by atoms with E-state index in [1.165, 1.54) is 40.5 Å². The lowest BCUT2D eigenvalue weighted by Crippen LogP contribution is -2.21. The van der Waals surface area contributed by atoms with Gasteiger partial charge in [-0.15, -0.1) is 11.3 Å². The molecule has 0 bridgehead atoms. The van der Waals surface area contributed by atoms with Gasteiger partial charge in [-0.05, 0) is 55.6 Å². The predicted molar refractivity (Wildman–Crippen MR) is 139 cm³/mol. The second-order valence-electron chi connectivity index (χ2n) is 7.92. The summed E-state index contributed by atoms with van der Waals surface area (Å²) in [5, 5.41) is 11.9. The lowest BCUT2D eigenvalue weighted by Gasteiger charge is -2.11. The van der Waals surface area contributed by atoms with Crippen molar-refractivity contribution in [2.45, 2.75) is 45.1 Å². The van der Waals surface area contributed by atoms with Crippen LogP contribution in [0, 0.1) is 5.82 Å². The number of carbonyl (C=O) groups excluding carboxylic acids is 1. The second-order valence-corrected chi connectivity index (χ2v) is 10.2. The molecule has 11 heteroatoms. The summed E-state index contributed by atoms with van der Waals surface area (Å²) in [7, 11) is 1.38. The van der Waals surface area contributed by atoms with E-state index in [2.05, 4.69) is 15.7 Å². The van der Waals surface area contributed by atoms with E-state index in [1.54, 1.807) is 18.3 Å². The van der Waals surface area contributed by atoms with E-state index in [-0.39, 0.29) is 17.6 Å². The summed E-state index contributed by atoms with van der Waals surface area (Å²) >= 11 is 19.5. The topological polar surface area (TPSA) is 68.2 Å². The SMILES string of the molecule is COC(=O)c1c(NC(=S)Nc2nn(Cc3c(F)cccc3Cl)cc2Cl)sc2c1CCCCCC2. The maximum Gasteiger partial charge on any atom is 0.341 e. The van der Waals surface area contributed by atoms with Gasteiger partial charge in [0, 0.05) is 21.7 Å². The maximum absolute atomic E-state index is 14.1. The molecule has 0 unspecified atom stereocenters. The highest BCUT2D eigenvalue weighted by molar-refractivity contribution is 7.80. The molecule has 180 valence electrons. The highest BCUT2D eigenvalue weighted by Gasteiger charge is 2.25. The van der Waals surface area contributed by atoms with Crippen LogP contribution in [0.4, 0.5) is 15.2 Å². The Morgan fingerprint density at radius 2 is 1.97 bits per heavy atom. The molecule has 0 amide bonds. The summed E-state index contributed by atoms with van der Waals surface area (Å²) in [6, 6.07) is 4.50. The first kappa shape index (κ1) is 24.9. The molecule has 6 nitrogen and oxygen atoms in total. The van der Waals surface area contributed by atoms with E-state index in [0.717, 1.165) is 37.7 Å². The number of halogens is 3. The number of hydrogen-bond donors (Lipinski definition) is 2. The second kappa shape index (κ2) is 11.0. The maximum atomic E-state index is 14.1. The van der Waals surface area contributed by atoms with Crippen molar-refractivity contribution in [3.05, 3.63) is 61.8 Å². The summed E-state index contributed by atoms with van der Waals surface area (Å²) < 4.78 is 20.7. The molecule has 0 aliphatic heterocycles. The number of methoxy groups -OCH3 is 1. The van der Waals surface area contributed by atoms with E-state index < -0.39 is 5.82 Å². The number of nitrogens with zero attached hydrogens (tertiary/aromatic N) is 2. The van der Waals surface area contributed by atoms with Gasteiger partial charge in [0.2, 0.25) is 0 Å². The van der Waals surface area contributed by atoms with Gasteiger partial charge in [-0.2, -0.15) is 5.10 Å². The fourth-order valence-corrected chi connectivity index (χ4v) is 5.94. The Balaban J connectivity index is 1.52. The van der Waals surface area contributed by atoms with Crippen molar-refractivity contribution in [3.8, 4) is 0 Å². The minimum Gasteiger partial charge on any atom is -0.465 e. The minimum absolute atomic E-state index is 0.108. The minimum atomic E-state index is -0.422. The fraction of sp³-hybridized carbons (Fsp3) is 0.348. The number of esters is 1. The highest BCUT2D eigenvalue weighted by Crippen LogP contribution is 2.37. The molecule has 1 aliphatic rings. The number of benzene rings is 1. The molecule has 2 aromatic heterocycles. The predicted octanol–water partition coefficient (Wildman–Crippen LogP) is 6.69. The molecule has 1 aromatic carbocycles. The molecule has 0 saturated heterocycles. The number of thiocarbonyl (C=S) groups is 1. The van der Waals surface area contributed by atoms with Crippen LogP contribution in [0.2, 0.25) is 10.0 Å². The number of carbonyl (C=O) groups is 1. The van der Waals surface area contributed by atoms with Crippen LogP contribution in [-0.2, 0) is 24.1 Å². The Morgan fingerprint density at radius 3 is 2.71 bits per heavy atom. The first-order chi connectivity index (χ1) is 16.4. The van der Waals surface area contributed by atoms with Crippen LogP contribution in [0.3, 0.4) is 0 Å². The summed E-state index contributed by atoms with van der Waals surface area (Å²) in [5.41, 5.74) is 1.90. The van der Waals surface area contributed by atoms with Crippen LogP contribution >= 0.6 is 46.8 Å². The molecule has 2 heterocycles. The molecular weight excluding hydrogens is 518 g/mol. The van der Waals surface area contributed by atoms with Crippen LogP contribution in [0.25, 0.3) is 0 Å². The molecule has 2 N–H and O–H groups in total. The number of anilines is 2. The van der Waals surface area contributed by atoms with Crippen molar-refractivity contribution in [3.63, 3.8) is 0 Å². The van der Waals surface area contributed by atoms with E-state index in [0.29, 0.717) is 32.0 Å². The zero-order chi connectivity index (χ0) is 24.2. The summed E-state index contributed by atoms with van der Waals surface area (Å²) in [6.45, 7) is 0.108. The van der Waals surface area contributed by atoms with Gasteiger partial charge in [0.15, 0.2) is 10.9 Å². The van der Waals surface area contributed by atoms with E-state index in [1.807, 2.05) is 0 Å². The van der Waals surface area contributed by atoms with Crippen LogP contribution in [-0.4, -0.2) is 28.0 Å². The number of thiophene rings is 1. The third-order valence-electron chi connectivity index (χ3n) is 5.62. The lowest BCUT2D eigenvalue weighted by molar-refractivity contribution is 0.0601. The molecule has 3 aromatic rings. The van der Waals surface area contributed by atoms with E-state index in [4.69, 9.17) is 40.2 Å². The number of rotatable bonds is 5. The molecule has 34 heavy (non-hydrogen) atoms. The summed E-state index contributed by atoms with van der Waals surface area (Å²) in [5.74, 6) is -0.497. The zero-order valence-electron chi connectivity index (χ0n) is 18.4. The third-order valence-corrected chi connectivity index (χ3v) is 7.66. The number of fused-ring (bicyclic) bond motifs is 1. The standard InChI is InChI=1S/C23H23Cl2FN4O2S2/c1-32-22(31)19-13-7-4-2-3-5-10-18(13)34-21(19)28-23(33)27-20-16(25)12-30(29-20)11-14-15(24)8-6-9-17(14)26/h6,8-9,12H,2-5,7,10-11H2,1H3,(H2,27,28,29,33). The summed E-state index contributed by atoms with van der Waals surface area (Å²) in [4.78, 5) is 13.8. The number of ether oxygens (including phenoxy) is 1. The van der Waals surface area contributed by atoms with Crippen molar-refractivity contribution < 1.29 is 13.9 Å². The van der Waals surface area contributed by atoms with Crippen LogP contribution in [0.5, 0.6) is 0 Å². The third kappa shape index (κ3) is 5.54. The van der Waals surface area contributed by atoms with Crippen molar-refractivity contribution in [2.24, 2.45) is 0 Å². The van der Waals surface area contributed by atoms with Gasteiger partial charge in [0.25, 0.3) is 0 Å². The molecule has 0 saturated carbocycles. The van der Waals surface area contributed by atoms with E-state index in [9.17, 15) is 9.18 Å². The van der Waals surface area contributed by atoms with Crippen molar-refractivity contribution in [2.75, 3.05) is 17.7 Å². The zero-order valence-corrected chi connectivity index (χ0v) is 21.6. The molecule has 1 aliphatic carbocycles. The molecular formula is C23H23Cl2FN4O2S2. The van der Waals surface area contributed by atoms with Crippen molar-refractivity contribution in [1.82, 2.24) is 9.78 Å². The Morgan fingerprint density at radius 1 is 1.21 bits per heavy atom. The molecule has 0 spiro atoms. The van der Waals surface area contributed by atoms with Gasteiger partial charge in [0.1, 0.15) is 15.8 Å². The van der Waals surface area contributed by atoms with Gasteiger partial charge in [0.05, 0.1) is 19.2 Å². The molecule has 0 radical (unpaired) electrons. The largest absolute Gasteiger partial charge is 0.465 e. The quantitative estimate of drug-likeness (QED) is 0.277. The lowest BCUT2D eigenvalue weighted by atomic mass is 9.96.